The van der Waals surface area contributed by atoms with Crippen LogP contribution in [0, 0.1) is 11.6 Å². The highest BCUT2D eigenvalue weighted by atomic mass is 19.1. The van der Waals surface area contributed by atoms with Crippen molar-refractivity contribution in [1.29, 1.82) is 0 Å². The molecule has 1 amide bonds. The number of halogens is 2. The molecule has 1 saturated carbocycles. The summed E-state index contributed by atoms with van der Waals surface area (Å²) in [5.74, 6) is -1.52. The number of pyridine rings is 1. The molecule has 120 valence electrons. The maximum absolute atomic E-state index is 13.6. The van der Waals surface area contributed by atoms with Crippen LogP contribution in [0.4, 0.5) is 20.2 Å². The lowest BCUT2D eigenvalue weighted by molar-refractivity contribution is 0.0933. The topological polar surface area (TPSA) is 54.0 Å². The molecule has 2 aromatic rings. The summed E-state index contributed by atoms with van der Waals surface area (Å²) in [7, 11) is 0. The van der Waals surface area contributed by atoms with E-state index in [2.05, 4.69) is 15.6 Å². The first-order valence-corrected chi connectivity index (χ1v) is 7.61. The van der Waals surface area contributed by atoms with Crippen LogP contribution in [0.3, 0.4) is 0 Å². The van der Waals surface area contributed by atoms with Crippen LogP contribution in [0.1, 0.15) is 36.2 Å². The molecule has 4 nitrogen and oxygen atoms in total. The number of benzene rings is 1. The number of rotatable bonds is 4. The van der Waals surface area contributed by atoms with Crippen LogP contribution in [0.2, 0.25) is 0 Å². The van der Waals surface area contributed by atoms with Crippen LogP contribution < -0.4 is 10.6 Å². The Morgan fingerprint density at radius 3 is 2.57 bits per heavy atom. The third-order valence-electron chi connectivity index (χ3n) is 3.90. The van der Waals surface area contributed by atoms with Crippen LogP contribution in [0.15, 0.2) is 36.5 Å². The summed E-state index contributed by atoms with van der Waals surface area (Å²) in [5.41, 5.74) is 0.992. The first-order chi connectivity index (χ1) is 11.1. The monoisotopic (exact) mass is 317 g/mol. The summed E-state index contributed by atoms with van der Waals surface area (Å²) in [6, 6.07) is 6.73. The zero-order chi connectivity index (χ0) is 16.2. The van der Waals surface area contributed by atoms with Gasteiger partial charge in [-0.1, -0.05) is 12.8 Å². The second-order valence-electron chi connectivity index (χ2n) is 5.64. The summed E-state index contributed by atoms with van der Waals surface area (Å²) >= 11 is 0. The van der Waals surface area contributed by atoms with Gasteiger partial charge in [-0.05, 0) is 37.1 Å². The van der Waals surface area contributed by atoms with Crippen LogP contribution in [0.5, 0.6) is 0 Å². The molecule has 1 heterocycles. The van der Waals surface area contributed by atoms with Gasteiger partial charge in [-0.25, -0.2) is 13.8 Å². The lowest BCUT2D eigenvalue weighted by Gasteiger charge is -2.12. The molecule has 1 aromatic heterocycles. The van der Waals surface area contributed by atoms with Crippen molar-refractivity contribution in [3.63, 3.8) is 0 Å². The number of carbonyl (C=O) groups excluding carboxylic acids is 1. The molecular weight excluding hydrogens is 300 g/mol. The van der Waals surface area contributed by atoms with E-state index in [1.807, 2.05) is 0 Å². The predicted molar refractivity (Wildman–Crippen MR) is 83.6 cm³/mol. The molecule has 2 N–H and O–H groups in total. The number of hydrogen-bond acceptors (Lipinski definition) is 3. The van der Waals surface area contributed by atoms with E-state index >= 15 is 0 Å². The fourth-order valence-corrected chi connectivity index (χ4v) is 2.68. The van der Waals surface area contributed by atoms with Crippen LogP contribution in [0.25, 0.3) is 0 Å². The number of aromatic nitrogens is 1. The average molecular weight is 317 g/mol. The molecule has 0 aliphatic heterocycles. The second-order valence-corrected chi connectivity index (χ2v) is 5.64. The Hall–Kier alpha value is -2.50. The van der Waals surface area contributed by atoms with E-state index in [4.69, 9.17) is 0 Å². The van der Waals surface area contributed by atoms with E-state index in [9.17, 15) is 13.6 Å². The van der Waals surface area contributed by atoms with Crippen molar-refractivity contribution in [3.8, 4) is 0 Å². The van der Waals surface area contributed by atoms with Gasteiger partial charge in [0, 0.05) is 12.1 Å². The zero-order valence-corrected chi connectivity index (χ0v) is 12.5. The van der Waals surface area contributed by atoms with Gasteiger partial charge in [0.15, 0.2) is 0 Å². The maximum atomic E-state index is 13.6. The van der Waals surface area contributed by atoms with Gasteiger partial charge in [0.1, 0.15) is 17.3 Å². The largest absolute Gasteiger partial charge is 0.352 e. The van der Waals surface area contributed by atoms with Gasteiger partial charge in [-0.2, -0.15) is 0 Å². The number of nitrogens with zero attached hydrogens (tertiary/aromatic N) is 1. The Kier molecular flexibility index (Phi) is 4.50. The highest BCUT2D eigenvalue weighted by Gasteiger charge is 2.18. The Morgan fingerprint density at radius 2 is 1.91 bits per heavy atom. The molecule has 1 aliphatic carbocycles. The van der Waals surface area contributed by atoms with Crippen molar-refractivity contribution in [1.82, 2.24) is 10.3 Å². The summed E-state index contributed by atoms with van der Waals surface area (Å²) < 4.78 is 26.5. The Morgan fingerprint density at radius 1 is 1.13 bits per heavy atom. The van der Waals surface area contributed by atoms with Gasteiger partial charge in [-0.3, -0.25) is 4.79 Å². The maximum Gasteiger partial charge on any atom is 0.270 e. The van der Waals surface area contributed by atoms with Crippen molar-refractivity contribution in [2.75, 3.05) is 5.32 Å². The molecule has 23 heavy (non-hydrogen) atoms. The minimum absolute atomic E-state index is 0.149. The van der Waals surface area contributed by atoms with Crippen molar-refractivity contribution in [2.24, 2.45) is 0 Å². The number of amides is 1. The van der Waals surface area contributed by atoms with Gasteiger partial charge in [0.25, 0.3) is 5.91 Å². The van der Waals surface area contributed by atoms with Crippen LogP contribution in [-0.2, 0) is 0 Å². The van der Waals surface area contributed by atoms with Crippen molar-refractivity contribution < 1.29 is 13.6 Å². The summed E-state index contributed by atoms with van der Waals surface area (Å²) in [5, 5.41) is 5.76. The molecule has 1 aromatic carbocycles. The van der Waals surface area contributed by atoms with Gasteiger partial charge >= 0.3 is 0 Å². The Labute approximate surface area is 132 Å². The van der Waals surface area contributed by atoms with E-state index in [-0.39, 0.29) is 17.6 Å². The zero-order valence-electron chi connectivity index (χ0n) is 12.5. The fourth-order valence-electron chi connectivity index (χ4n) is 2.68. The minimum Gasteiger partial charge on any atom is -0.352 e. The predicted octanol–water partition coefficient (Wildman–Crippen LogP) is 3.78. The van der Waals surface area contributed by atoms with E-state index < -0.39 is 11.6 Å². The molecular formula is C17H17F2N3O. The Balaban J connectivity index is 1.65. The van der Waals surface area contributed by atoms with Crippen molar-refractivity contribution >= 4 is 17.3 Å². The summed E-state index contributed by atoms with van der Waals surface area (Å²) in [6.45, 7) is 0. The molecule has 0 unspecified atom stereocenters. The van der Waals surface area contributed by atoms with Crippen LogP contribution in [-0.4, -0.2) is 16.9 Å². The Bertz CT molecular complexity index is 697. The highest BCUT2D eigenvalue weighted by molar-refractivity contribution is 5.92. The van der Waals surface area contributed by atoms with Gasteiger partial charge < -0.3 is 10.6 Å². The normalized spacial score (nSPS) is 14.7. The number of anilines is 2. The van der Waals surface area contributed by atoms with Gasteiger partial charge in [0.05, 0.1) is 17.6 Å². The number of nitrogens with one attached hydrogen (secondary N) is 2. The van der Waals surface area contributed by atoms with Gasteiger partial charge in [-0.15, -0.1) is 0 Å². The summed E-state index contributed by atoms with van der Waals surface area (Å²) in [6.07, 6.45) is 5.76. The molecule has 0 bridgehead atoms. The highest BCUT2D eigenvalue weighted by Crippen LogP contribution is 2.21. The molecule has 1 fully saturated rings. The smallest absolute Gasteiger partial charge is 0.270 e. The van der Waals surface area contributed by atoms with E-state index in [0.717, 1.165) is 31.7 Å². The summed E-state index contributed by atoms with van der Waals surface area (Å²) in [4.78, 5) is 16.2. The van der Waals surface area contributed by atoms with Crippen molar-refractivity contribution in [2.45, 2.75) is 31.7 Å². The van der Waals surface area contributed by atoms with Crippen molar-refractivity contribution in [3.05, 3.63) is 53.9 Å². The SMILES string of the molecule is O=C(NC1CCCC1)c1ccc(Nc2ccc(F)cc2F)cn1. The molecule has 6 heteroatoms. The standard InChI is InChI=1S/C17H17F2N3O/c18-11-5-7-15(14(19)9-11)21-13-6-8-16(20-10-13)17(23)22-12-3-1-2-4-12/h5-10,12,21H,1-4H2,(H,22,23). The second kappa shape index (κ2) is 6.73. The quantitative estimate of drug-likeness (QED) is 0.902. The minimum atomic E-state index is -0.687. The molecule has 0 radical (unpaired) electrons. The average Bonchev–Trinajstić information content (AvgIpc) is 3.04. The molecule has 0 spiro atoms. The van der Waals surface area contributed by atoms with E-state index in [1.165, 1.54) is 18.3 Å². The third-order valence-corrected chi connectivity index (χ3v) is 3.90. The molecule has 0 saturated heterocycles. The van der Waals surface area contributed by atoms with E-state index in [0.29, 0.717) is 11.4 Å². The first kappa shape index (κ1) is 15.4. The molecule has 1 aliphatic rings. The number of hydrogen-bond donors (Lipinski definition) is 2. The molecule has 0 atom stereocenters. The van der Waals surface area contributed by atoms with E-state index in [1.54, 1.807) is 12.1 Å². The van der Waals surface area contributed by atoms with Crippen LogP contribution >= 0.6 is 0 Å². The molecule has 3 rings (SSSR count). The lowest BCUT2D eigenvalue weighted by atomic mass is 10.2. The lowest BCUT2D eigenvalue weighted by Crippen LogP contribution is -2.33. The third kappa shape index (κ3) is 3.83. The fraction of sp³-hybridized carbons (Fsp3) is 0.294. The number of carbonyl (C=O) groups is 1. The van der Waals surface area contributed by atoms with Gasteiger partial charge in [0.2, 0.25) is 0 Å². The first-order valence-electron chi connectivity index (χ1n) is 7.61.